The summed E-state index contributed by atoms with van der Waals surface area (Å²) in [6.07, 6.45) is 0.531. The molecule has 1 heterocycles. The highest BCUT2D eigenvalue weighted by Crippen LogP contribution is 2.17. The van der Waals surface area contributed by atoms with Crippen LogP contribution in [-0.4, -0.2) is 34.0 Å². The van der Waals surface area contributed by atoms with Gasteiger partial charge in [0, 0.05) is 30.6 Å². The molecule has 0 unspecified atom stereocenters. The molecule has 5 nitrogen and oxygen atoms in total. The summed E-state index contributed by atoms with van der Waals surface area (Å²) in [4.78, 5) is 19.3. The van der Waals surface area contributed by atoms with E-state index in [4.69, 9.17) is 4.52 Å². The smallest absolute Gasteiger partial charge is 0.253 e. The van der Waals surface area contributed by atoms with Gasteiger partial charge in [-0.3, -0.25) is 4.79 Å². The standard InChI is InChI=1S/C23H27N3O2/c1-16(2)15-26(23(27)20-11-7-18(4)8-12-20)14-13-21-24-22(25-28-21)19-9-5-17(3)6-10-19/h5-12,16H,13-15H2,1-4H3. The molecule has 2 aromatic carbocycles. The van der Waals surface area contributed by atoms with Crippen molar-refractivity contribution in [1.29, 1.82) is 0 Å². The van der Waals surface area contributed by atoms with Crippen molar-refractivity contribution in [3.63, 3.8) is 0 Å². The molecule has 146 valence electrons. The van der Waals surface area contributed by atoms with E-state index in [1.807, 2.05) is 67.3 Å². The Kier molecular flexibility index (Phi) is 6.24. The van der Waals surface area contributed by atoms with Crippen LogP contribution in [0.1, 0.15) is 41.2 Å². The number of aryl methyl sites for hydroxylation is 2. The first kappa shape index (κ1) is 19.8. The molecule has 0 bridgehead atoms. The average Bonchev–Trinajstić information content (AvgIpc) is 3.14. The fourth-order valence-corrected chi connectivity index (χ4v) is 3.00. The van der Waals surface area contributed by atoms with E-state index in [1.54, 1.807) is 0 Å². The Morgan fingerprint density at radius 1 is 1.00 bits per heavy atom. The summed E-state index contributed by atoms with van der Waals surface area (Å²) in [6.45, 7) is 9.50. The zero-order valence-corrected chi connectivity index (χ0v) is 17.0. The second-order valence-corrected chi connectivity index (χ2v) is 7.64. The van der Waals surface area contributed by atoms with Crippen molar-refractivity contribution in [2.75, 3.05) is 13.1 Å². The van der Waals surface area contributed by atoms with Crippen LogP contribution in [0.25, 0.3) is 11.4 Å². The third-order valence-electron chi connectivity index (χ3n) is 4.54. The van der Waals surface area contributed by atoms with Crippen molar-refractivity contribution >= 4 is 5.91 Å². The Morgan fingerprint density at radius 2 is 1.61 bits per heavy atom. The minimum absolute atomic E-state index is 0.0342. The molecule has 0 saturated carbocycles. The molecule has 0 saturated heterocycles. The predicted octanol–water partition coefficient (Wildman–Crippen LogP) is 4.69. The Labute approximate surface area is 166 Å². The number of hydrogen-bond donors (Lipinski definition) is 0. The lowest BCUT2D eigenvalue weighted by molar-refractivity contribution is 0.0734. The molecule has 0 radical (unpaired) electrons. The molecule has 0 spiro atoms. The van der Waals surface area contributed by atoms with Crippen LogP contribution in [0.2, 0.25) is 0 Å². The summed E-state index contributed by atoms with van der Waals surface area (Å²) in [7, 11) is 0. The van der Waals surface area contributed by atoms with E-state index in [0.717, 1.165) is 11.1 Å². The van der Waals surface area contributed by atoms with E-state index in [-0.39, 0.29) is 5.91 Å². The van der Waals surface area contributed by atoms with Crippen LogP contribution in [0, 0.1) is 19.8 Å². The van der Waals surface area contributed by atoms with Crippen LogP contribution in [0.15, 0.2) is 53.1 Å². The second kappa shape index (κ2) is 8.83. The number of rotatable bonds is 7. The maximum atomic E-state index is 12.9. The minimum Gasteiger partial charge on any atom is -0.339 e. The van der Waals surface area contributed by atoms with E-state index >= 15 is 0 Å². The van der Waals surface area contributed by atoms with Crippen LogP contribution < -0.4 is 0 Å². The van der Waals surface area contributed by atoms with Gasteiger partial charge in [-0.1, -0.05) is 66.5 Å². The van der Waals surface area contributed by atoms with Crippen molar-refractivity contribution in [2.45, 2.75) is 34.1 Å². The second-order valence-electron chi connectivity index (χ2n) is 7.64. The molecular formula is C23H27N3O2. The quantitative estimate of drug-likeness (QED) is 0.599. The van der Waals surface area contributed by atoms with Gasteiger partial charge in [-0.2, -0.15) is 4.98 Å². The number of carbonyl (C=O) groups excluding carboxylic acids is 1. The van der Waals surface area contributed by atoms with E-state index < -0.39 is 0 Å². The lowest BCUT2D eigenvalue weighted by atomic mass is 10.1. The van der Waals surface area contributed by atoms with Crippen molar-refractivity contribution in [2.24, 2.45) is 5.92 Å². The highest BCUT2D eigenvalue weighted by atomic mass is 16.5. The minimum atomic E-state index is 0.0342. The summed E-state index contributed by atoms with van der Waals surface area (Å²) in [5, 5.41) is 4.08. The maximum Gasteiger partial charge on any atom is 0.253 e. The lowest BCUT2D eigenvalue weighted by Gasteiger charge is -2.24. The molecule has 0 aliphatic heterocycles. The molecule has 0 atom stereocenters. The van der Waals surface area contributed by atoms with Gasteiger partial charge in [0.15, 0.2) is 0 Å². The molecule has 0 aliphatic carbocycles. The fraction of sp³-hybridized carbons (Fsp3) is 0.348. The first-order valence-electron chi connectivity index (χ1n) is 9.68. The van der Waals surface area contributed by atoms with E-state index in [2.05, 4.69) is 24.0 Å². The SMILES string of the molecule is Cc1ccc(C(=O)N(CCc2nc(-c3ccc(C)cc3)no2)CC(C)C)cc1. The van der Waals surface area contributed by atoms with Gasteiger partial charge in [0.1, 0.15) is 0 Å². The monoisotopic (exact) mass is 377 g/mol. The van der Waals surface area contributed by atoms with Gasteiger partial charge in [0.05, 0.1) is 0 Å². The number of hydrogen-bond acceptors (Lipinski definition) is 4. The number of benzene rings is 2. The van der Waals surface area contributed by atoms with Crippen LogP contribution >= 0.6 is 0 Å². The Balaban J connectivity index is 1.69. The van der Waals surface area contributed by atoms with Gasteiger partial charge < -0.3 is 9.42 Å². The average molecular weight is 377 g/mol. The third kappa shape index (κ3) is 5.06. The molecule has 3 aromatic rings. The first-order chi connectivity index (χ1) is 13.4. The molecule has 1 aromatic heterocycles. The molecule has 0 N–H and O–H groups in total. The summed E-state index contributed by atoms with van der Waals surface area (Å²) < 4.78 is 5.41. The molecular weight excluding hydrogens is 350 g/mol. The summed E-state index contributed by atoms with van der Waals surface area (Å²) in [5.74, 6) is 1.53. The van der Waals surface area contributed by atoms with Crippen molar-refractivity contribution in [1.82, 2.24) is 15.0 Å². The van der Waals surface area contributed by atoms with E-state index in [1.165, 1.54) is 5.56 Å². The zero-order chi connectivity index (χ0) is 20.1. The van der Waals surface area contributed by atoms with Crippen molar-refractivity contribution in [3.8, 4) is 11.4 Å². The maximum absolute atomic E-state index is 12.9. The highest BCUT2D eigenvalue weighted by molar-refractivity contribution is 5.94. The van der Waals surface area contributed by atoms with Gasteiger partial charge in [-0.25, -0.2) is 0 Å². The summed E-state index contributed by atoms with van der Waals surface area (Å²) >= 11 is 0. The van der Waals surface area contributed by atoms with Crippen LogP contribution in [0.3, 0.4) is 0 Å². The zero-order valence-electron chi connectivity index (χ0n) is 17.0. The van der Waals surface area contributed by atoms with Gasteiger partial charge >= 0.3 is 0 Å². The first-order valence-corrected chi connectivity index (χ1v) is 9.68. The molecule has 0 fully saturated rings. The van der Waals surface area contributed by atoms with Crippen LogP contribution in [0.4, 0.5) is 0 Å². The molecule has 3 rings (SSSR count). The number of carbonyl (C=O) groups is 1. The predicted molar refractivity (Wildman–Crippen MR) is 110 cm³/mol. The molecule has 1 amide bonds. The number of aromatic nitrogens is 2. The van der Waals surface area contributed by atoms with Gasteiger partial charge in [-0.15, -0.1) is 0 Å². The van der Waals surface area contributed by atoms with Crippen molar-refractivity contribution in [3.05, 3.63) is 71.1 Å². The third-order valence-corrected chi connectivity index (χ3v) is 4.54. The molecule has 5 heteroatoms. The van der Waals surface area contributed by atoms with Gasteiger partial charge in [0.2, 0.25) is 11.7 Å². The topological polar surface area (TPSA) is 59.2 Å². The molecule has 28 heavy (non-hydrogen) atoms. The van der Waals surface area contributed by atoms with Crippen molar-refractivity contribution < 1.29 is 9.32 Å². The summed E-state index contributed by atoms with van der Waals surface area (Å²) in [6, 6.07) is 15.7. The Morgan fingerprint density at radius 3 is 2.21 bits per heavy atom. The van der Waals surface area contributed by atoms with E-state index in [9.17, 15) is 4.79 Å². The number of nitrogens with zero attached hydrogens (tertiary/aromatic N) is 3. The van der Waals surface area contributed by atoms with Crippen LogP contribution in [-0.2, 0) is 6.42 Å². The van der Waals surface area contributed by atoms with Gasteiger partial charge in [-0.05, 0) is 31.9 Å². The normalized spacial score (nSPS) is 11.0. The number of amides is 1. The van der Waals surface area contributed by atoms with E-state index in [0.29, 0.717) is 42.7 Å². The Hall–Kier alpha value is -2.95. The largest absolute Gasteiger partial charge is 0.339 e. The fourth-order valence-electron chi connectivity index (χ4n) is 3.00. The summed E-state index contributed by atoms with van der Waals surface area (Å²) in [5.41, 5.74) is 3.96. The Bertz CT molecular complexity index is 912. The molecule has 0 aliphatic rings. The van der Waals surface area contributed by atoms with Gasteiger partial charge in [0.25, 0.3) is 5.91 Å². The highest BCUT2D eigenvalue weighted by Gasteiger charge is 2.18. The lowest BCUT2D eigenvalue weighted by Crippen LogP contribution is -2.36. The van der Waals surface area contributed by atoms with Crippen LogP contribution in [0.5, 0.6) is 0 Å².